The minimum absolute atomic E-state index is 0.677. The molecule has 0 saturated carbocycles. The summed E-state index contributed by atoms with van der Waals surface area (Å²) in [4.78, 5) is 10.9. The average molecular weight is 270 g/mol. The highest BCUT2D eigenvalue weighted by atomic mass is 79.9. The summed E-state index contributed by atoms with van der Waals surface area (Å²) in [5.74, 6) is 0. The molecule has 0 aliphatic heterocycles. The number of carbonyl (C=O) groups is 1. The standard InChI is InChI=1S/C10H8BrNOS/c11-3-6-1-7(4-13)10-8(12)5-14-9(10)2-6/h1-2,4-5H,3,12H2. The highest BCUT2D eigenvalue weighted by molar-refractivity contribution is 9.08. The van der Waals surface area contributed by atoms with Gasteiger partial charge in [-0.05, 0) is 17.7 Å². The molecule has 4 heteroatoms. The normalized spacial score (nSPS) is 10.6. The Hall–Kier alpha value is -0.870. The van der Waals surface area contributed by atoms with E-state index in [0.29, 0.717) is 11.3 Å². The largest absolute Gasteiger partial charge is 0.398 e. The van der Waals surface area contributed by atoms with Crippen LogP contribution in [-0.2, 0) is 5.33 Å². The number of nitrogen functional groups attached to an aromatic ring is 1. The molecule has 2 rings (SSSR count). The van der Waals surface area contributed by atoms with Crippen LogP contribution in [0.2, 0.25) is 0 Å². The van der Waals surface area contributed by atoms with E-state index in [9.17, 15) is 4.79 Å². The van der Waals surface area contributed by atoms with Crippen molar-refractivity contribution in [3.05, 3.63) is 28.6 Å². The highest BCUT2D eigenvalue weighted by Crippen LogP contribution is 2.32. The minimum Gasteiger partial charge on any atom is -0.398 e. The van der Waals surface area contributed by atoms with Gasteiger partial charge in [-0.1, -0.05) is 15.9 Å². The van der Waals surface area contributed by atoms with Crippen LogP contribution in [0, 0.1) is 0 Å². The second-order valence-electron chi connectivity index (χ2n) is 3.00. The fraction of sp³-hybridized carbons (Fsp3) is 0.100. The third-order valence-corrected chi connectivity index (χ3v) is 3.67. The van der Waals surface area contributed by atoms with Crippen molar-refractivity contribution in [3.8, 4) is 0 Å². The molecule has 2 nitrogen and oxygen atoms in total. The Labute approximate surface area is 93.9 Å². The van der Waals surface area contributed by atoms with Crippen LogP contribution in [0.1, 0.15) is 15.9 Å². The lowest BCUT2D eigenvalue weighted by Gasteiger charge is -2.00. The Bertz CT molecular complexity index is 492. The van der Waals surface area contributed by atoms with Crippen LogP contribution in [0.5, 0.6) is 0 Å². The zero-order valence-corrected chi connectivity index (χ0v) is 9.69. The monoisotopic (exact) mass is 269 g/mol. The second kappa shape index (κ2) is 3.71. The number of rotatable bonds is 2. The van der Waals surface area contributed by atoms with Crippen molar-refractivity contribution in [2.24, 2.45) is 0 Å². The molecule has 14 heavy (non-hydrogen) atoms. The molecule has 1 aromatic carbocycles. The third-order valence-electron chi connectivity index (χ3n) is 2.08. The van der Waals surface area contributed by atoms with Gasteiger partial charge >= 0.3 is 0 Å². The van der Waals surface area contributed by atoms with Gasteiger partial charge < -0.3 is 5.73 Å². The van der Waals surface area contributed by atoms with Gasteiger partial charge in [0.2, 0.25) is 0 Å². The van der Waals surface area contributed by atoms with Crippen molar-refractivity contribution in [3.63, 3.8) is 0 Å². The van der Waals surface area contributed by atoms with Crippen molar-refractivity contribution in [1.29, 1.82) is 0 Å². The molecule has 0 atom stereocenters. The minimum atomic E-state index is 0.677. The predicted octanol–water partition coefficient (Wildman–Crippen LogP) is 3.19. The van der Waals surface area contributed by atoms with Gasteiger partial charge in [-0.15, -0.1) is 11.3 Å². The Morgan fingerprint density at radius 3 is 2.93 bits per heavy atom. The summed E-state index contributed by atoms with van der Waals surface area (Å²) < 4.78 is 1.07. The lowest BCUT2D eigenvalue weighted by atomic mass is 10.1. The maximum Gasteiger partial charge on any atom is 0.150 e. The number of fused-ring (bicyclic) bond motifs is 1. The van der Waals surface area contributed by atoms with Crippen LogP contribution >= 0.6 is 27.3 Å². The van der Waals surface area contributed by atoms with Crippen LogP contribution in [0.15, 0.2) is 17.5 Å². The predicted molar refractivity (Wildman–Crippen MR) is 64.3 cm³/mol. The van der Waals surface area contributed by atoms with Crippen molar-refractivity contribution in [2.75, 3.05) is 5.73 Å². The van der Waals surface area contributed by atoms with Crippen LogP contribution < -0.4 is 5.73 Å². The SMILES string of the molecule is Nc1csc2cc(CBr)cc(C=O)c12. The van der Waals surface area contributed by atoms with Gasteiger partial charge in [-0.2, -0.15) is 0 Å². The molecule has 0 unspecified atom stereocenters. The number of hydrogen-bond donors (Lipinski definition) is 1. The number of anilines is 1. The van der Waals surface area contributed by atoms with Crippen LogP contribution in [0.25, 0.3) is 10.1 Å². The molecule has 72 valence electrons. The Morgan fingerprint density at radius 2 is 2.29 bits per heavy atom. The van der Waals surface area contributed by atoms with Crippen molar-refractivity contribution in [2.45, 2.75) is 5.33 Å². The summed E-state index contributed by atoms with van der Waals surface area (Å²) in [5, 5.41) is 3.51. The van der Waals surface area contributed by atoms with E-state index in [1.54, 1.807) is 11.3 Å². The van der Waals surface area contributed by atoms with Gasteiger partial charge in [0.15, 0.2) is 6.29 Å². The van der Waals surface area contributed by atoms with E-state index in [1.807, 2.05) is 11.4 Å². The molecule has 2 aromatic rings. The molecular weight excluding hydrogens is 262 g/mol. The molecule has 0 amide bonds. The number of halogens is 1. The Balaban J connectivity index is 2.82. The molecule has 0 radical (unpaired) electrons. The van der Waals surface area contributed by atoms with E-state index >= 15 is 0 Å². The average Bonchev–Trinajstić information content (AvgIpc) is 2.59. The van der Waals surface area contributed by atoms with E-state index < -0.39 is 0 Å². The van der Waals surface area contributed by atoms with Crippen LogP contribution in [0.3, 0.4) is 0 Å². The van der Waals surface area contributed by atoms with E-state index in [2.05, 4.69) is 22.0 Å². The Morgan fingerprint density at radius 1 is 1.50 bits per heavy atom. The van der Waals surface area contributed by atoms with Crippen LogP contribution in [0.4, 0.5) is 5.69 Å². The molecule has 0 aliphatic rings. The topological polar surface area (TPSA) is 43.1 Å². The first-order valence-corrected chi connectivity index (χ1v) is 6.07. The van der Waals surface area contributed by atoms with Gasteiger partial charge in [0, 0.05) is 26.4 Å². The fourth-order valence-corrected chi connectivity index (χ4v) is 2.72. The summed E-state index contributed by atoms with van der Waals surface area (Å²) in [5.41, 5.74) is 8.25. The van der Waals surface area contributed by atoms with Crippen molar-refractivity contribution >= 4 is 49.3 Å². The molecule has 0 fully saturated rings. The summed E-state index contributed by atoms with van der Waals surface area (Å²) >= 11 is 4.94. The Kier molecular flexibility index (Phi) is 2.56. The van der Waals surface area contributed by atoms with Gasteiger partial charge in [-0.3, -0.25) is 4.79 Å². The molecule has 0 saturated heterocycles. The van der Waals surface area contributed by atoms with E-state index in [4.69, 9.17) is 5.73 Å². The maximum absolute atomic E-state index is 10.9. The lowest BCUT2D eigenvalue weighted by Crippen LogP contribution is -1.89. The molecule has 2 N–H and O–H groups in total. The highest BCUT2D eigenvalue weighted by Gasteiger charge is 2.07. The van der Waals surface area contributed by atoms with Crippen molar-refractivity contribution in [1.82, 2.24) is 0 Å². The van der Waals surface area contributed by atoms with Crippen LogP contribution in [-0.4, -0.2) is 6.29 Å². The van der Waals surface area contributed by atoms with Gasteiger partial charge in [0.05, 0.1) is 5.69 Å². The van der Waals surface area contributed by atoms with Gasteiger partial charge in [0.25, 0.3) is 0 Å². The lowest BCUT2D eigenvalue weighted by molar-refractivity contribution is 0.112. The molecule has 0 spiro atoms. The fourth-order valence-electron chi connectivity index (χ4n) is 1.45. The zero-order chi connectivity index (χ0) is 10.1. The van der Waals surface area contributed by atoms with Gasteiger partial charge in [-0.25, -0.2) is 0 Å². The van der Waals surface area contributed by atoms with Crippen molar-refractivity contribution < 1.29 is 4.79 Å². The number of carbonyl (C=O) groups excluding carboxylic acids is 1. The maximum atomic E-state index is 10.9. The first-order chi connectivity index (χ1) is 6.76. The summed E-state index contributed by atoms with van der Waals surface area (Å²) in [6.07, 6.45) is 0.859. The summed E-state index contributed by atoms with van der Waals surface area (Å²) in [6, 6.07) is 3.92. The number of hydrogen-bond acceptors (Lipinski definition) is 3. The number of alkyl halides is 1. The van der Waals surface area contributed by atoms with E-state index in [0.717, 1.165) is 27.3 Å². The number of nitrogens with two attached hydrogens (primary N) is 1. The smallest absolute Gasteiger partial charge is 0.150 e. The van der Waals surface area contributed by atoms with E-state index in [-0.39, 0.29) is 0 Å². The van der Waals surface area contributed by atoms with E-state index in [1.165, 1.54) is 0 Å². The molecular formula is C10H8BrNOS. The molecule has 0 bridgehead atoms. The molecule has 0 aliphatic carbocycles. The number of thiophene rings is 1. The van der Waals surface area contributed by atoms with Gasteiger partial charge in [0.1, 0.15) is 0 Å². The molecule has 1 heterocycles. The number of aldehydes is 1. The second-order valence-corrected chi connectivity index (χ2v) is 4.47. The quantitative estimate of drug-likeness (QED) is 0.672. The summed E-state index contributed by atoms with van der Waals surface area (Å²) in [7, 11) is 0. The third kappa shape index (κ3) is 1.44. The first-order valence-electron chi connectivity index (χ1n) is 4.07. The summed E-state index contributed by atoms with van der Waals surface area (Å²) in [6.45, 7) is 0. The zero-order valence-electron chi connectivity index (χ0n) is 7.29. The molecule has 1 aromatic heterocycles. The number of benzene rings is 1. The first kappa shape index (κ1) is 9.68.